The van der Waals surface area contributed by atoms with Gasteiger partial charge in [-0.2, -0.15) is 50.0 Å². The molecule has 8 aromatic rings. The molecule has 147 heavy (non-hydrogen) atoms. The second-order valence-corrected chi connectivity index (χ2v) is 44.2. The number of carbonyl (C=O) groups is 6. The number of rotatable bonds is 52. The highest BCUT2D eigenvalue weighted by molar-refractivity contribution is 7.89. The average molecular weight is 2160 g/mol. The Kier molecular flexibility index (Phi) is 40.1. The molecule has 0 radical (unpaired) electrons. The number of alkyl carbamates (subject to hydrolysis) is 2. The fourth-order valence-electron chi connectivity index (χ4n) is 18.2. The molecule has 0 aliphatic carbocycles. The van der Waals surface area contributed by atoms with Gasteiger partial charge in [-0.25, -0.2) is 27.6 Å². The molecule has 12 rings (SSSR count). The average Bonchev–Trinajstić information content (AvgIpc) is 1.57. The number of fused-ring (bicyclic) bond motifs is 6. The lowest BCUT2D eigenvalue weighted by atomic mass is 9.79. The van der Waals surface area contributed by atoms with Crippen molar-refractivity contribution in [2.75, 3.05) is 143 Å². The van der Waals surface area contributed by atoms with Gasteiger partial charge in [-0.05, 0) is 158 Å². The number of unbranched alkanes of at least 4 members (excludes halogenated alkanes) is 4. The quantitative estimate of drug-likeness (QED) is 0.00439. The molecule has 43 nitrogen and oxygen atoms in total. The number of nitrogens with zero attached hydrogens (tertiary/aromatic N) is 8. The second kappa shape index (κ2) is 51.6. The summed E-state index contributed by atoms with van der Waals surface area (Å²) in [6.07, 6.45) is 10.0. The lowest BCUT2D eigenvalue weighted by Gasteiger charge is -2.34. The molecule has 0 spiro atoms. The van der Waals surface area contributed by atoms with Crippen LogP contribution in [0, 0.1) is 0 Å². The van der Waals surface area contributed by atoms with Crippen LogP contribution in [-0.4, -0.2) is 294 Å². The summed E-state index contributed by atoms with van der Waals surface area (Å²) in [7, 11) is -23.5. The molecule has 10 N–H and O–H groups in total. The summed E-state index contributed by atoms with van der Waals surface area (Å²) < 4.78 is 229. The van der Waals surface area contributed by atoms with Gasteiger partial charge in [-0.3, -0.25) is 51.5 Å². The highest BCUT2D eigenvalue weighted by Crippen LogP contribution is 2.53. The molecular formula is C98H122N12O31S6. The maximum atomic E-state index is 14.5. The van der Waals surface area contributed by atoms with Crippen LogP contribution in [0.4, 0.5) is 21.0 Å². The van der Waals surface area contributed by atoms with Crippen molar-refractivity contribution in [3.63, 3.8) is 0 Å². The number of nitrogens with two attached hydrogens (primary N) is 2. The Morgan fingerprint density at radius 3 is 1.47 bits per heavy atom. The molecule has 4 aliphatic rings. The number of amides is 4. The van der Waals surface area contributed by atoms with E-state index in [1.54, 1.807) is 137 Å². The van der Waals surface area contributed by atoms with Crippen LogP contribution >= 0.6 is 0 Å². The van der Waals surface area contributed by atoms with Gasteiger partial charge < -0.3 is 63.2 Å². The van der Waals surface area contributed by atoms with Gasteiger partial charge in [0.2, 0.25) is 17.5 Å². The van der Waals surface area contributed by atoms with Crippen molar-refractivity contribution in [3.8, 4) is 16.9 Å². The Balaban J connectivity index is 0.663. The van der Waals surface area contributed by atoms with Gasteiger partial charge in [0, 0.05) is 161 Å². The van der Waals surface area contributed by atoms with Crippen molar-refractivity contribution in [2.45, 2.75) is 153 Å². The van der Waals surface area contributed by atoms with Gasteiger partial charge >= 0.3 is 24.1 Å². The van der Waals surface area contributed by atoms with Gasteiger partial charge in [0.15, 0.2) is 11.8 Å². The van der Waals surface area contributed by atoms with Crippen molar-refractivity contribution in [3.05, 3.63) is 216 Å². The summed E-state index contributed by atoms with van der Waals surface area (Å²) in [5.74, 6) is 8.64. The highest BCUT2D eigenvalue weighted by Gasteiger charge is 2.48. The third-order valence-electron chi connectivity index (χ3n) is 25.7. The minimum atomic E-state index is -5.11. The Hall–Kier alpha value is -11.5. The monoisotopic (exact) mass is 2150 g/mol. The summed E-state index contributed by atoms with van der Waals surface area (Å²) in [5.41, 5.74) is 4.02. The molecule has 49 heteroatoms. The Bertz CT molecular complexity index is 6790. The van der Waals surface area contributed by atoms with Gasteiger partial charge in [0.25, 0.3) is 50.5 Å². The topological polar surface area (TPSA) is 579 Å². The first-order chi connectivity index (χ1) is 69.9. The van der Waals surface area contributed by atoms with Crippen molar-refractivity contribution in [1.29, 1.82) is 0 Å². The van der Waals surface area contributed by atoms with Crippen LogP contribution in [0.25, 0.3) is 32.7 Å². The minimum absolute atomic E-state index is 0.0279. The maximum absolute atomic E-state index is 14.5. The lowest BCUT2D eigenvalue weighted by Crippen LogP contribution is -2.49. The fourth-order valence-corrected chi connectivity index (χ4v) is 22.9. The minimum Gasteiger partial charge on any atom is -0.758 e. The number of hydrogen-bond donors (Lipinski definition) is 8. The van der Waals surface area contributed by atoms with Crippen LogP contribution in [0.3, 0.4) is 0 Å². The van der Waals surface area contributed by atoms with E-state index in [-0.39, 0.29) is 130 Å². The van der Waals surface area contributed by atoms with E-state index in [0.29, 0.717) is 189 Å². The number of sulfonamides is 1. The number of hydrogen-bond acceptors (Lipinski definition) is 32. The largest absolute Gasteiger partial charge is 0.758 e. The maximum Gasteiger partial charge on any atom is 0.407 e. The van der Waals surface area contributed by atoms with Crippen molar-refractivity contribution >= 4 is 136 Å². The number of anilines is 1. The number of carbonyl (C=O) groups excluding carboxylic acids is 6. The van der Waals surface area contributed by atoms with Crippen LogP contribution in [0.5, 0.6) is 5.75 Å². The third kappa shape index (κ3) is 30.0. The molecule has 4 heterocycles. The number of allylic oxidation sites excluding steroid dienone is 6. The zero-order valence-electron chi connectivity index (χ0n) is 81.7. The van der Waals surface area contributed by atoms with Crippen LogP contribution < -0.4 is 32.1 Å². The van der Waals surface area contributed by atoms with Gasteiger partial charge in [0.1, 0.15) is 41.3 Å². The first-order valence-corrected chi connectivity index (χ1v) is 55.6. The fraction of sp³-hybridized carbons (Fsp3) is 0.418. The van der Waals surface area contributed by atoms with E-state index in [1.807, 2.05) is 49.3 Å². The number of benzene rings is 8. The van der Waals surface area contributed by atoms with E-state index in [9.17, 15) is 97.8 Å². The molecule has 3 atom stereocenters. The van der Waals surface area contributed by atoms with Gasteiger partial charge in [-0.15, -0.1) is 4.47 Å². The normalized spacial score (nSPS) is 16.2. The molecule has 796 valence electrons. The van der Waals surface area contributed by atoms with Gasteiger partial charge in [0.05, 0.1) is 66.9 Å². The first kappa shape index (κ1) is 114. The molecule has 2 fully saturated rings. The Morgan fingerprint density at radius 2 is 0.980 bits per heavy atom. The molecule has 8 aromatic carbocycles. The summed E-state index contributed by atoms with van der Waals surface area (Å²) in [4.78, 5) is 105. The van der Waals surface area contributed by atoms with Crippen LogP contribution in [-0.2, 0) is 143 Å². The predicted octanol–water partition coefficient (Wildman–Crippen LogP) is 9.12. The summed E-state index contributed by atoms with van der Waals surface area (Å²) in [6, 6.07) is 37.3. The molecular weight excluding hydrogens is 2030 g/mol. The van der Waals surface area contributed by atoms with Gasteiger partial charge in [-0.1, -0.05) is 134 Å². The standard InChI is InChI=1S/C98H122N12O31S6/c1-97(2)87(107(81-39-37-77-79(91(81)97)63-75(144(121,122)123)65-85(77)146(127,128)129)45-19-9-17-27-89(111)105-51-47-103(48-52-105)55-57-134-59-61-138-109(142(117)118)83(93(113)140-99)41-43-101-95(115)136-67-69-21-11-6-12-22-69)25-15-8-16-26-88-98(3,4)92-80-64-76(145(124,125)126)66-86(147(130,131)132)78(80)38-40-82(92)108(88)46-20-10-18-28-90(112)106-53-49-104(50-54-106)56-58-135-60-62-139-110(84(94(114)141-100)42-44-102-96(116)137-68-70-23-13-7-14-24-70)143(119,120)74-35-31-72(32-36-74)71-29-33-73(133-5)34-30-71/h6-8,11-16,21-26,29-40,63-66,83-84H,9-10,17-20,27-28,41-62,67-68,99-100H2,1-5H3,(H6-,101,102,115,116,117,118,121,122,123,124,125,126,127,128,129,130,131,132)/t83-,84+/m0/s1. The molecule has 0 bridgehead atoms. The molecule has 1 unspecified atom stereocenters. The zero-order chi connectivity index (χ0) is 106. The van der Waals surface area contributed by atoms with Crippen LogP contribution in [0.2, 0.25) is 0 Å². The second-order valence-electron chi connectivity index (χ2n) is 36.0. The number of piperazine rings is 2. The summed E-state index contributed by atoms with van der Waals surface area (Å²) >= 11 is -3.10. The first-order valence-electron chi connectivity index (χ1n) is 47.3. The number of nitrogens with one attached hydrogen (secondary N) is 2. The summed E-state index contributed by atoms with van der Waals surface area (Å²) in [5, 5.41) is 5.12. The van der Waals surface area contributed by atoms with E-state index in [1.165, 1.54) is 31.4 Å². The molecule has 4 amide bonds. The molecule has 0 aromatic heterocycles. The number of hydroxylamine groups is 2. The van der Waals surface area contributed by atoms with Crippen molar-refractivity contribution < 1.29 is 145 Å². The third-order valence-corrected chi connectivity index (χ3v) is 31.5. The van der Waals surface area contributed by atoms with Crippen LogP contribution in [0.1, 0.15) is 114 Å². The van der Waals surface area contributed by atoms with Crippen molar-refractivity contribution in [2.24, 2.45) is 11.8 Å². The van der Waals surface area contributed by atoms with E-state index in [4.69, 9.17) is 45.2 Å². The van der Waals surface area contributed by atoms with E-state index >= 15 is 0 Å². The Labute approximate surface area is 855 Å². The molecule has 4 aliphatic heterocycles. The highest BCUT2D eigenvalue weighted by atomic mass is 32.2. The number of ether oxygens (including phenoxy) is 5. The predicted molar refractivity (Wildman–Crippen MR) is 538 cm³/mol. The Morgan fingerprint density at radius 1 is 0.503 bits per heavy atom. The smallest absolute Gasteiger partial charge is 0.407 e. The molecule has 0 saturated carbocycles. The van der Waals surface area contributed by atoms with E-state index < -0.39 is 128 Å². The molecule has 2 saturated heterocycles. The van der Waals surface area contributed by atoms with Crippen molar-refractivity contribution in [1.82, 2.24) is 39.2 Å². The van der Waals surface area contributed by atoms with E-state index in [2.05, 4.69) is 30.1 Å². The SMILES string of the molecule is COc1ccc(-c2ccc(S(=O)(=O)N(OCCOCCN3CCN(C(=O)CCCCCN4/C(=C/C=C/C=C/C5=[N+](CCCCCC(=O)N6CCN(CCOCCON([C@@H](CCNC(=O)OCc7ccccc7)C(=O)ON)S(=O)[O-])CC6)c6ccc7c(S(=O)(=O)O)cc(S(=O)(=O)O)cc7c6C5(C)C)C(C)(C)c5c4ccc4c(S(=O)(=O)O)cc(S(=O)(=O)O)cc54)CC3)[C@H](CCNC(=O)OCc3ccccc3)C(=O)ON)cc2)cc1. The van der Waals surface area contributed by atoms with E-state index in [0.717, 1.165) is 23.3 Å². The van der Waals surface area contributed by atoms with Crippen LogP contribution in [0.15, 0.2) is 218 Å². The zero-order valence-corrected chi connectivity index (χ0v) is 86.6. The summed E-state index contributed by atoms with van der Waals surface area (Å²) in [6.45, 7) is 11.5. The number of methoxy groups -OCH3 is 1. The lowest BCUT2D eigenvalue weighted by molar-refractivity contribution is -0.438.